The summed E-state index contributed by atoms with van der Waals surface area (Å²) in [7, 11) is -1.69. The zero-order valence-electron chi connectivity index (χ0n) is 12.5. The molecular formula is C14H24N2O3S. The van der Waals surface area contributed by atoms with Gasteiger partial charge in [0.1, 0.15) is 16.4 Å². The summed E-state index contributed by atoms with van der Waals surface area (Å²) < 4.78 is 33.0. The Kier molecular flexibility index (Phi) is 4.56. The average Bonchev–Trinajstić information content (AvgIpc) is 2.96. The highest BCUT2D eigenvalue weighted by molar-refractivity contribution is 7.89. The van der Waals surface area contributed by atoms with Crippen molar-refractivity contribution in [3.8, 4) is 0 Å². The second kappa shape index (κ2) is 5.87. The van der Waals surface area contributed by atoms with Crippen molar-refractivity contribution in [1.29, 1.82) is 0 Å². The van der Waals surface area contributed by atoms with Gasteiger partial charge in [0.2, 0.25) is 10.0 Å². The van der Waals surface area contributed by atoms with E-state index in [1.807, 2.05) is 0 Å². The maximum atomic E-state index is 12.4. The average molecular weight is 300 g/mol. The fourth-order valence-corrected chi connectivity index (χ4v) is 4.21. The molecule has 0 bridgehead atoms. The summed E-state index contributed by atoms with van der Waals surface area (Å²) in [5.74, 6) is 1.08. The second-order valence-electron chi connectivity index (χ2n) is 6.01. The predicted molar refractivity (Wildman–Crippen MR) is 78.0 cm³/mol. The van der Waals surface area contributed by atoms with Crippen molar-refractivity contribution in [2.24, 2.45) is 5.41 Å². The van der Waals surface area contributed by atoms with Gasteiger partial charge in [0.15, 0.2) is 0 Å². The lowest BCUT2D eigenvalue weighted by atomic mass is 9.89. The summed E-state index contributed by atoms with van der Waals surface area (Å²) in [5, 5.41) is 2.95. The first-order valence-corrected chi connectivity index (χ1v) is 8.58. The van der Waals surface area contributed by atoms with Gasteiger partial charge in [-0.15, -0.1) is 0 Å². The monoisotopic (exact) mass is 300 g/mol. The third kappa shape index (κ3) is 3.42. The lowest BCUT2D eigenvalue weighted by Gasteiger charge is -2.23. The van der Waals surface area contributed by atoms with E-state index in [0.717, 1.165) is 12.8 Å². The highest BCUT2D eigenvalue weighted by atomic mass is 32.2. The summed E-state index contributed by atoms with van der Waals surface area (Å²) >= 11 is 0. The molecule has 0 aromatic carbocycles. The minimum absolute atomic E-state index is 0.0957. The SMILES string of the molecule is CNCc1cc(S(=O)(=O)NCC2(C)CCCC2)c(C)o1. The number of hydrogen-bond acceptors (Lipinski definition) is 4. The van der Waals surface area contributed by atoms with E-state index in [-0.39, 0.29) is 10.3 Å². The molecule has 1 saturated carbocycles. The normalized spacial score (nSPS) is 18.6. The van der Waals surface area contributed by atoms with Gasteiger partial charge in [-0.1, -0.05) is 19.8 Å². The van der Waals surface area contributed by atoms with Gasteiger partial charge in [-0.3, -0.25) is 0 Å². The molecule has 1 aromatic heterocycles. The number of rotatable bonds is 6. The van der Waals surface area contributed by atoms with Crippen LogP contribution in [0.4, 0.5) is 0 Å². The molecule has 0 spiro atoms. The molecule has 2 rings (SSSR count). The van der Waals surface area contributed by atoms with Crippen LogP contribution in [0.3, 0.4) is 0 Å². The van der Waals surface area contributed by atoms with Crippen molar-refractivity contribution in [3.05, 3.63) is 17.6 Å². The third-order valence-electron chi connectivity index (χ3n) is 4.06. The van der Waals surface area contributed by atoms with Gasteiger partial charge < -0.3 is 9.73 Å². The summed E-state index contributed by atoms with van der Waals surface area (Å²) in [6, 6.07) is 1.60. The molecule has 0 saturated heterocycles. The van der Waals surface area contributed by atoms with Crippen LogP contribution < -0.4 is 10.0 Å². The number of aryl methyl sites for hydroxylation is 1. The van der Waals surface area contributed by atoms with Crippen LogP contribution >= 0.6 is 0 Å². The Balaban J connectivity index is 2.09. The summed E-state index contributed by atoms with van der Waals surface area (Å²) in [6.45, 7) is 4.86. The van der Waals surface area contributed by atoms with Gasteiger partial charge in [-0.2, -0.15) is 0 Å². The van der Waals surface area contributed by atoms with Crippen molar-refractivity contribution in [1.82, 2.24) is 10.0 Å². The predicted octanol–water partition coefficient (Wildman–Crippen LogP) is 2.17. The van der Waals surface area contributed by atoms with Crippen molar-refractivity contribution >= 4 is 10.0 Å². The minimum Gasteiger partial charge on any atom is -0.464 e. The van der Waals surface area contributed by atoms with Gasteiger partial charge in [0.05, 0.1) is 6.54 Å². The number of furan rings is 1. The Labute approximate surface area is 121 Å². The molecule has 20 heavy (non-hydrogen) atoms. The third-order valence-corrected chi connectivity index (χ3v) is 5.57. The zero-order chi connectivity index (χ0) is 14.8. The van der Waals surface area contributed by atoms with E-state index >= 15 is 0 Å². The molecule has 6 heteroatoms. The van der Waals surface area contributed by atoms with E-state index in [0.29, 0.717) is 24.6 Å². The Bertz CT molecular complexity index is 557. The number of nitrogens with one attached hydrogen (secondary N) is 2. The van der Waals surface area contributed by atoms with E-state index < -0.39 is 10.0 Å². The molecule has 1 aliphatic rings. The molecule has 1 fully saturated rings. The van der Waals surface area contributed by atoms with Gasteiger partial charge in [0, 0.05) is 12.6 Å². The quantitative estimate of drug-likeness (QED) is 0.844. The first-order valence-electron chi connectivity index (χ1n) is 7.10. The van der Waals surface area contributed by atoms with Crippen molar-refractivity contribution < 1.29 is 12.8 Å². The molecule has 1 aromatic rings. The van der Waals surface area contributed by atoms with Gasteiger partial charge in [0.25, 0.3) is 0 Å². The second-order valence-corrected chi connectivity index (χ2v) is 7.74. The van der Waals surface area contributed by atoms with Crippen LogP contribution in [0.5, 0.6) is 0 Å². The molecule has 5 nitrogen and oxygen atoms in total. The lowest BCUT2D eigenvalue weighted by molar-refractivity contribution is 0.336. The van der Waals surface area contributed by atoms with Crippen LogP contribution in [0, 0.1) is 12.3 Å². The largest absolute Gasteiger partial charge is 0.464 e. The molecule has 0 atom stereocenters. The highest BCUT2D eigenvalue weighted by Gasteiger charge is 2.31. The smallest absolute Gasteiger partial charge is 0.244 e. The summed E-state index contributed by atoms with van der Waals surface area (Å²) in [4.78, 5) is 0.254. The Morgan fingerprint density at radius 3 is 2.60 bits per heavy atom. The van der Waals surface area contributed by atoms with Crippen molar-refractivity contribution in [3.63, 3.8) is 0 Å². The van der Waals surface area contributed by atoms with E-state index in [2.05, 4.69) is 17.0 Å². The van der Waals surface area contributed by atoms with Crippen LogP contribution in [-0.2, 0) is 16.6 Å². The fourth-order valence-electron chi connectivity index (χ4n) is 2.80. The van der Waals surface area contributed by atoms with Crippen LogP contribution in [0.25, 0.3) is 0 Å². The molecular weight excluding hydrogens is 276 g/mol. The molecule has 1 heterocycles. The molecule has 0 amide bonds. The maximum absolute atomic E-state index is 12.4. The van der Waals surface area contributed by atoms with E-state index in [1.165, 1.54) is 12.8 Å². The first-order chi connectivity index (χ1) is 9.36. The fraction of sp³-hybridized carbons (Fsp3) is 0.714. The summed E-state index contributed by atoms with van der Waals surface area (Å²) in [5.41, 5.74) is 0.0957. The molecule has 2 N–H and O–H groups in total. The Morgan fingerprint density at radius 2 is 2.00 bits per heavy atom. The van der Waals surface area contributed by atoms with Crippen molar-refractivity contribution in [2.75, 3.05) is 13.6 Å². The Morgan fingerprint density at radius 1 is 1.35 bits per heavy atom. The van der Waals surface area contributed by atoms with Gasteiger partial charge in [-0.25, -0.2) is 13.1 Å². The molecule has 0 unspecified atom stereocenters. The van der Waals surface area contributed by atoms with Crippen LogP contribution in [0.2, 0.25) is 0 Å². The number of sulfonamides is 1. The Hall–Kier alpha value is -0.850. The van der Waals surface area contributed by atoms with Crippen molar-refractivity contribution in [2.45, 2.75) is 51.0 Å². The van der Waals surface area contributed by atoms with E-state index in [1.54, 1.807) is 20.0 Å². The highest BCUT2D eigenvalue weighted by Crippen LogP contribution is 2.37. The molecule has 114 valence electrons. The standard InChI is InChI=1S/C14H24N2O3S/c1-11-13(8-12(19-11)9-15-3)20(17,18)16-10-14(2)6-4-5-7-14/h8,15-16H,4-7,9-10H2,1-3H3. The molecule has 0 aliphatic heterocycles. The number of hydrogen-bond donors (Lipinski definition) is 2. The maximum Gasteiger partial charge on any atom is 0.244 e. The molecule has 1 aliphatic carbocycles. The molecule has 0 radical (unpaired) electrons. The lowest BCUT2D eigenvalue weighted by Crippen LogP contribution is -2.34. The zero-order valence-corrected chi connectivity index (χ0v) is 13.3. The van der Waals surface area contributed by atoms with Crippen LogP contribution in [-0.4, -0.2) is 22.0 Å². The van der Waals surface area contributed by atoms with Gasteiger partial charge in [-0.05, 0) is 32.2 Å². The van der Waals surface area contributed by atoms with E-state index in [4.69, 9.17) is 4.42 Å². The first kappa shape index (κ1) is 15.5. The van der Waals surface area contributed by atoms with Crippen LogP contribution in [0.1, 0.15) is 44.1 Å². The van der Waals surface area contributed by atoms with E-state index in [9.17, 15) is 8.42 Å². The van der Waals surface area contributed by atoms with Crippen LogP contribution in [0.15, 0.2) is 15.4 Å². The topological polar surface area (TPSA) is 71.3 Å². The van der Waals surface area contributed by atoms with Gasteiger partial charge >= 0.3 is 0 Å². The summed E-state index contributed by atoms with van der Waals surface area (Å²) in [6.07, 6.45) is 4.56. The minimum atomic E-state index is -3.49.